The molecule has 1 aliphatic rings. The summed E-state index contributed by atoms with van der Waals surface area (Å²) < 4.78 is 16.2. The van der Waals surface area contributed by atoms with Crippen LogP contribution in [0.3, 0.4) is 0 Å². The molecule has 136 valence electrons. The Morgan fingerprint density at radius 1 is 1.11 bits per heavy atom. The van der Waals surface area contributed by atoms with Crippen molar-refractivity contribution in [2.45, 2.75) is 6.42 Å². The van der Waals surface area contributed by atoms with Gasteiger partial charge in [0, 0.05) is 10.6 Å². The second-order valence-corrected chi connectivity index (χ2v) is 6.31. The third kappa shape index (κ3) is 4.12. The summed E-state index contributed by atoms with van der Waals surface area (Å²) in [6, 6.07) is 16.3. The molecule has 0 aliphatic carbocycles. The summed E-state index contributed by atoms with van der Waals surface area (Å²) in [6.45, 7) is 0.204. The summed E-state index contributed by atoms with van der Waals surface area (Å²) in [4.78, 5) is 12.0. The molecule has 6 nitrogen and oxygen atoms in total. The van der Waals surface area contributed by atoms with Crippen molar-refractivity contribution in [3.63, 3.8) is 0 Å². The maximum atomic E-state index is 12.0. The molecular weight excluding hydrogens is 368 g/mol. The largest absolute Gasteiger partial charge is 0.455 e. The van der Waals surface area contributed by atoms with Crippen LogP contribution in [-0.4, -0.2) is 18.9 Å². The lowest BCUT2D eigenvalue weighted by molar-refractivity contribution is -0.120. The first-order chi connectivity index (χ1) is 13.2. The van der Waals surface area contributed by atoms with Crippen LogP contribution in [0.5, 0.6) is 11.5 Å². The molecule has 1 N–H and O–H groups in total. The van der Waals surface area contributed by atoms with E-state index in [1.165, 1.54) is 6.21 Å². The summed E-state index contributed by atoms with van der Waals surface area (Å²) in [5.41, 5.74) is 4.17. The Balaban J connectivity index is 1.34. The summed E-state index contributed by atoms with van der Waals surface area (Å²) in [5.74, 6) is 2.28. The van der Waals surface area contributed by atoms with Crippen LogP contribution in [-0.2, 0) is 11.2 Å². The second kappa shape index (κ2) is 7.55. The molecule has 27 heavy (non-hydrogen) atoms. The number of nitrogens with zero attached hydrogens (tertiary/aromatic N) is 1. The predicted molar refractivity (Wildman–Crippen MR) is 101 cm³/mol. The van der Waals surface area contributed by atoms with Crippen molar-refractivity contribution in [3.05, 3.63) is 70.9 Å². The molecule has 1 aliphatic heterocycles. The van der Waals surface area contributed by atoms with Gasteiger partial charge in [-0.05, 0) is 42.0 Å². The third-order valence-corrected chi connectivity index (χ3v) is 4.15. The molecule has 1 amide bonds. The van der Waals surface area contributed by atoms with E-state index in [1.54, 1.807) is 24.3 Å². The van der Waals surface area contributed by atoms with Gasteiger partial charge in [0.15, 0.2) is 11.5 Å². The number of carbonyl (C=O) groups excluding carboxylic acids is 1. The number of rotatable bonds is 5. The molecule has 0 spiro atoms. The van der Waals surface area contributed by atoms with E-state index >= 15 is 0 Å². The lowest BCUT2D eigenvalue weighted by Crippen LogP contribution is -2.19. The maximum absolute atomic E-state index is 12.0. The quantitative estimate of drug-likeness (QED) is 0.534. The zero-order valence-electron chi connectivity index (χ0n) is 14.1. The molecule has 0 unspecified atom stereocenters. The highest BCUT2D eigenvalue weighted by Gasteiger charge is 2.14. The van der Waals surface area contributed by atoms with Crippen molar-refractivity contribution in [2.75, 3.05) is 6.79 Å². The molecule has 0 fully saturated rings. The Bertz CT molecular complexity index is 1010. The zero-order valence-corrected chi connectivity index (χ0v) is 14.9. The Hall–Kier alpha value is -3.25. The number of ether oxygens (including phenoxy) is 2. The summed E-state index contributed by atoms with van der Waals surface area (Å²) in [7, 11) is 0. The van der Waals surface area contributed by atoms with E-state index in [0.29, 0.717) is 28.0 Å². The van der Waals surface area contributed by atoms with Gasteiger partial charge in [0.05, 0.1) is 12.6 Å². The van der Waals surface area contributed by atoms with E-state index in [1.807, 2.05) is 30.3 Å². The van der Waals surface area contributed by atoms with Crippen LogP contribution in [0.1, 0.15) is 11.3 Å². The van der Waals surface area contributed by atoms with Gasteiger partial charge < -0.3 is 13.9 Å². The molecule has 4 rings (SSSR count). The molecule has 3 aromatic rings. The van der Waals surface area contributed by atoms with Gasteiger partial charge in [-0.15, -0.1) is 0 Å². The summed E-state index contributed by atoms with van der Waals surface area (Å²) in [6.07, 6.45) is 1.63. The number of hydrogen-bond acceptors (Lipinski definition) is 5. The van der Waals surface area contributed by atoms with Gasteiger partial charge in [0.2, 0.25) is 12.7 Å². The van der Waals surface area contributed by atoms with Crippen LogP contribution in [0.15, 0.2) is 64.1 Å². The van der Waals surface area contributed by atoms with E-state index in [2.05, 4.69) is 10.5 Å². The number of carbonyl (C=O) groups is 1. The number of hydrogen-bond donors (Lipinski definition) is 1. The normalized spacial score (nSPS) is 12.5. The van der Waals surface area contributed by atoms with E-state index in [0.717, 1.165) is 11.1 Å². The maximum Gasteiger partial charge on any atom is 0.244 e. The van der Waals surface area contributed by atoms with E-state index in [9.17, 15) is 4.79 Å². The van der Waals surface area contributed by atoms with Crippen molar-refractivity contribution in [1.29, 1.82) is 0 Å². The fourth-order valence-corrected chi connectivity index (χ4v) is 2.85. The second-order valence-electron chi connectivity index (χ2n) is 5.87. The van der Waals surface area contributed by atoms with Crippen molar-refractivity contribution >= 4 is 23.7 Å². The van der Waals surface area contributed by atoms with Gasteiger partial charge in [-0.1, -0.05) is 29.8 Å². The van der Waals surface area contributed by atoms with E-state index in [-0.39, 0.29) is 19.1 Å². The Morgan fingerprint density at radius 2 is 2.00 bits per heavy atom. The fraction of sp³-hybridized carbons (Fsp3) is 0.100. The predicted octanol–water partition coefficient (Wildman–Crippen LogP) is 4.02. The standard InChI is InChI=1S/C20H15ClN2O4/c21-15-3-1-2-14(10-15)17-7-5-16(27-17)11-22-23-20(24)9-13-4-6-18-19(8-13)26-12-25-18/h1-8,10-11H,9,12H2,(H,23,24)/b22-11-. The molecule has 0 saturated carbocycles. The van der Waals surface area contributed by atoms with E-state index < -0.39 is 0 Å². The van der Waals surface area contributed by atoms with Crippen LogP contribution >= 0.6 is 11.6 Å². The third-order valence-electron chi connectivity index (χ3n) is 3.92. The van der Waals surface area contributed by atoms with Crippen LogP contribution < -0.4 is 14.9 Å². The number of benzene rings is 2. The number of hydrazone groups is 1. The van der Waals surface area contributed by atoms with Gasteiger partial charge in [0.25, 0.3) is 0 Å². The summed E-state index contributed by atoms with van der Waals surface area (Å²) in [5, 5.41) is 4.57. The number of amides is 1. The minimum Gasteiger partial charge on any atom is -0.455 e. The Morgan fingerprint density at radius 3 is 2.89 bits per heavy atom. The number of fused-ring (bicyclic) bond motifs is 1. The monoisotopic (exact) mass is 382 g/mol. The van der Waals surface area contributed by atoms with Gasteiger partial charge in [-0.2, -0.15) is 5.10 Å². The average molecular weight is 383 g/mol. The molecule has 7 heteroatoms. The molecule has 0 radical (unpaired) electrons. The highest BCUT2D eigenvalue weighted by atomic mass is 35.5. The molecular formula is C20H15ClN2O4. The fourth-order valence-electron chi connectivity index (χ4n) is 2.66. The Labute approximate surface area is 160 Å². The van der Waals surface area contributed by atoms with Crippen molar-refractivity contribution in [3.8, 4) is 22.8 Å². The average Bonchev–Trinajstić information content (AvgIpc) is 3.30. The highest BCUT2D eigenvalue weighted by Crippen LogP contribution is 2.32. The first-order valence-electron chi connectivity index (χ1n) is 8.23. The topological polar surface area (TPSA) is 73.1 Å². The Kier molecular flexibility index (Phi) is 4.80. The smallest absolute Gasteiger partial charge is 0.244 e. The van der Waals surface area contributed by atoms with Gasteiger partial charge in [0.1, 0.15) is 11.5 Å². The van der Waals surface area contributed by atoms with Crippen molar-refractivity contribution in [1.82, 2.24) is 5.43 Å². The molecule has 1 aromatic heterocycles. The van der Waals surface area contributed by atoms with Crippen molar-refractivity contribution < 1.29 is 18.7 Å². The number of furan rings is 1. The van der Waals surface area contributed by atoms with Crippen LogP contribution in [0, 0.1) is 0 Å². The SMILES string of the molecule is O=C(Cc1ccc2c(c1)OCO2)N/N=C\c1ccc(-c2cccc(Cl)c2)o1. The lowest BCUT2D eigenvalue weighted by atomic mass is 10.1. The molecule has 2 heterocycles. The van der Waals surface area contributed by atoms with E-state index in [4.69, 9.17) is 25.5 Å². The molecule has 2 aromatic carbocycles. The van der Waals surface area contributed by atoms with Crippen LogP contribution in [0.25, 0.3) is 11.3 Å². The zero-order chi connectivity index (χ0) is 18.6. The number of nitrogens with one attached hydrogen (secondary N) is 1. The van der Waals surface area contributed by atoms with Gasteiger partial charge in [-0.3, -0.25) is 4.79 Å². The number of halogens is 1. The minimum atomic E-state index is -0.244. The summed E-state index contributed by atoms with van der Waals surface area (Å²) >= 11 is 5.99. The van der Waals surface area contributed by atoms with Crippen LogP contribution in [0.2, 0.25) is 5.02 Å². The molecule has 0 atom stereocenters. The van der Waals surface area contributed by atoms with Crippen molar-refractivity contribution in [2.24, 2.45) is 5.10 Å². The first kappa shape index (κ1) is 17.2. The molecule has 0 saturated heterocycles. The lowest BCUT2D eigenvalue weighted by Gasteiger charge is -2.02. The minimum absolute atomic E-state index is 0.180. The van der Waals surface area contributed by atoms with Gasteiger partial charge >= 0.3 is 0 Å². The van der Waals surface area contributed by atoms with Crippen LogP contribution in [0.4, 0.5) is 0 Å². The first-order valence-corrected chi connectivity index (χ1v) is 8.61. The molecule has 0 bridgehead atoms. The van der Waals surface area contributed by atoms with Gasteiger partial charge in [-0.25, -0.2) is 5.43 Å². The highest BCUT2D eigenvalue weighted by molar-refractivity contribution is 6.30.